The van der Waals surface area contributed by atoms with Crippen molar-refractivity contribution in [2.24, 2.45) is 23.7 Å². The lowest BCUT2D eigenvalue weighted by molar-refractivity contribution is -0.146. The van der Waals surface area contributed by atoms with Gasteiger partial charge in [0, 0.05) is 18.7 Å². The van der Waals surface area contributed by atoms with E-state index in [2.05, 4.69) is 9.88 Å². The van der Waals surface area contributed by atoms with Crippen molar-refractivity contribution in [1.29, 1.82) is 0 Å². The van der Waals surface area contributed by atoms with Gasteiger partial charge in [0.05, 0.1) is 22.9 Å². The number of carboxylic acids is 1. The van der Waals surface area contributed by atoms with Gasteiger partial charge in [-0.2, -0.15) is 0 Å². The fourth-order valence-electron chi connectivity index (χ4n) is 5.17. The molecule has 0 saturated heterocycles. The van der Waals surface area contributed by atoms with Crippen LogP contribution in [0.5, 0.6) is 0 Å². The molecule has 1 aromatic heterocycles. The number of hydrogen-bond acceptors (Lipinski definition) is 3. The third kappa shape index (κ3) is 2.66. The maximum atomic E-state index is 12.9. The van der Waals surface area contributed by atoms with Crippen LogP contribution in [-0.4, -0.2) is 26.5 Å². The van der Waals surface area contributed by atoms with Crippen molar-refractivity contribution >= 4 is 28.6 Å². The van der Waals surface area contributed by atoms with Crippen LogP contribution in [0.1, 0.15) is 31.5 Å². The van der Waals surface area contributed by atoms with Gasteiger partial charge in [0.1, 0.15) is 5.82 Å². The van der Waals surface area contributed by atoms with E-state index in [1.807, 2.05) is 30.4 Å². The van der Waals surface area contributed by atoms with Crippen LogP contribution in [0.3, 0.4) is 0 Å². The number of aryl methyl sites for hydroxylation is 2. The summed E-state index contributed by atoms with van der Waals surface area (Å²) < 4.78 is 2.29. The van der Waals surface area contributed by atoms with Gasteiger partial charge in [0.2, 0.25) is 5.91 Å². The quantitative estimate of drug-likeness (QED) is 0.818. The summed E-state index contributed by atoms with van der Waals surface area (Å²) in [6.45, 7) is 0.995. The minimum absolute atomic E-state index is 0.0190. The SMILES string of the molecule is O=C(Nc1ccc2c(c1)nc1n2CCCCC1)[C@@H]1[C@H](C(=O)O)[C@H]2C=C[C@H]1C2. The molecular formula is C21H23N3O3. The summed E-state index contributed by atoms with van der Waals surface area (Å²) in [5, 5.41) is 12.5. The number of anilines is 1. The Labute approximate surface area is 157 Å². The Morgan fingerprint density at radius 1 is 1.11 bits per heavy atom. The minimum atomic E-state index is -0.875. The molecule has 2 aliphatic carbocycles. The molecular weight excluding hydrogens is 342 g/mol. The summed E-state index contributed by atoms with van der Waals surface area (Å²) in [6, 6.07) is 5.83. The predicted octanol–water partition coefficient (Wildman–Crippen LogP) is 3.22. The number of imidazole rings is 1. The number of benzene rings is 1. The van der Waals surface area contributed by atoms with Crippen molar-refractivity contribution in [3.05, 3.63) is 36.2 Å². The van der Waals surface area contributed by atoms with Crippen molar-refractivity contribution in [3.63, 3.8) is 0 Å². The zero-order chi connectivity index (χ0) is 18.5. The van der Waals surface area contributed by atoms with Crippen LogP contribution < -0.4 is 5.32 Å². The number of amides is 1. The summed E-state index contributed by atoms with van der Waals surface area (Å²) in [4.78, 5) is 29.3. The van der Waals surface area contributed by atoms with E-state index in [4.69, 9.17) is 4.98 Å². The third-order valence-corrected chi connectivity index (χ3v) is 6.42. The zero-order valence-electron chi connectivity index (χ0n) is 15.1. The van der Waals surface area contributed by atoms with Crippen LogP contribution in [0, 0.1) is 23.7 Å². The smallest absolute Gasteiger partial charge is 0.307 e. The first-order valence-electron chi connectivity index (χ1n) is 9.83. The molecule has 3 aliphatic rings. The Morgan fingerprint density at radius 2 is 1.93 bits per heavy atom. The predicted molar refractivity (Wildman–Crippen MR) is 101 cm³/mol. The van der Waals surface area contributed by atoms with Crippen molar-refractivity contribution in [2.75, 3.05) is 5.32 Å². The lowest BCUT2D eigenvalue weighted by Crippen LogP contribution is -2.36. The van der Waals surface area contributed by atoms with Gasteiger partial charge in [-0.3, -0.25) is 9.59 Å². The number of nitrogens with one attached hydrogen (secondary N) is 1. The highest BCUT2D eigenvalue weighted by Crippen LogP contribution is 2.48. The number of aliphatic carboxylic acids is 1. The molecule has 6 heteroatoms. The number of hydrogen-bond donors (Lipinski definition) is 2. The first-order chi connectivity index (χ1) is 13.1. The molecule has 0 unspecified atom stereocenters. The van der Waals surface area contributed by atoms with Crippen LogP contribution in [-0.2, 0) is 22.6 Å². The number of carboxylic acid groups (broad SMARTS) is 1. The lowest BCUT2D eigenvalue weighted by atomic mass is 9.82. The molecule has 2 aromatic rings. The highest BCUT2D eigenvalue weighted by atomic mass is 16.4. The maximum absolute atomic E-state index is 12.9. The molecule has 0 radical (unpaired) electrons. The largest absolute Gasteiger partial charge is 0.481 e. The average Bonchev–Trinajstić information content (AvgIpc) is 3.30. The highest BCUT2D eigenvalue weighted by molar-refractivity contribution is 5.97. The van der Waals surface area contributed by atoms with Crippen molar-refractivity contribution < 1.29 is 14.7 Å². The van der Waals surface area contributed by atoms with E-state index < -0.39 is 17.8 Å². The van der Waals surface area contributed by atoms with E-state index in [1.165, 1.54) is 19.3 Å². The molecule has 27 heavy (non-hydrogen) atoms. The van der Waals surface area contributed by atoms with E-state index in [9.17, 15) is 14.7 Å². The molecule has 2 heterocycles. The molecule has 140 valence electrons. The number of rotatable bonds is 3. The van der Waals surface area contributed by atoms with Gasteiger partial charge in [0.25, 0.3) is 0 Å². The van der Waals surface area contributed by atoms with Crippen molar-refractivity contribution in [2.45, 2.75) is 38.6 Å². The second-order valence-electron chi connectivity index (χ2n) is 8.02. The van der Waals surface area contributed by atoms with E-state index in [0.29, 0.717) is 5.69 Å². The van der Waals surface area contributed by atoms with Gasteiger partial charge in [-0.25, -0.2) is 4.98 Å². The summed E-state index contributed by atoms with van der Waals surface area (Å²) in [6.07, 6.45) is 9.30. The Hall–Kier alpha value is -2.63. The Morgan fingerprint density at radius 3 is 2.74 bits per heavy atom. The number of allylic oxidation sites excluding steroid dienone is 2. The van der Waals surface area contributed by atoms with Crippen LogP contribution >= 0.6 is 0 Å². The molecule has 4 atom stereocenters. The van der Waals surface area contributed by atoms with Crippen molar-refractivity contribution in [1.82, 2.24) is 9.55 Å². The first kappa shape index (κ1) is 16.5. The maximum Gasteiger partial charge on any atom is 0.307 e. The second-order valence-corrected chi connectivity index (χ2v) is 8.02. The summed E-state index contributed by atoms with van der Waals surface area (Å²) in [5.74, 6) is -1.05. The Balaban J connectivity index is 1.41. The van der Waals surface area contributed by atoms with Crippen LogP contribution in [0.2, 0.25) is 0 Å². The minimum Gasteiger partial charge on any atom is -0.481 e. The number of nitrogens with zero attached hydrogens (tertiary/aromatic N) is 2. The van der Waals surface area contributed by atoms with Crippen molar-refractivity contribution in [3.8, 4) is 0 Å². The van der Waals surface area contributed by atoms with Gasteiger partial charge in [-0.1, -0.05) is 18.6 Å². The van der Waals surface area contributed by atoms with Gasteiger partial charge in [-0.05, 0) is 49.3 Å². The molecule has 6 nitrogen and oxygen atoms in total. The first-order valence-corrected chi connectivity index (χ1v) is 9.83. The Bertz CT molecular complexity index is 961. The van der Waals surface area contributed by atoms with Gasteiger partial charge in [-0.15, -0.1) is 0 Å². The van der Waals surface area contributed by atoms with Gasteiger partial charge in [0.15, 0.2) is 0 Å². The second kappa shape index (κ2) is 6.22. The number of fused-ring (bicyclic) bond motifs is 5. The monoisotopic (exact) mass is 365 g/mol. The average molecular weight is 365 g/mol. The molecule has 1 aliphatic heterocycles. The van der Waals surface area contributed by atoms with E-state index >= 15 is 0 Å². The zero-order valence-corrected chi connectivity index (χ0v) is 15.1. The number of carbonyl (C=O) groups is 2. The fourth-order valence-corrected chi connectivity index (χ4v) is 5.17. The van der Waals surface area contributed by atoms with Crippen LogP contribution in [0.15, 0.2) is 30.4 Å². The Kier molecular flexibility index (Phi) is 3.81. The molecule has 1 saturated carbocycles. The van der Waals surface area contributed by atoms with E-state index in [-0.39, 0.29) is 17.7 Å². The summed E-state index contributed by atoms with van der Waals surface area (Å²) >= 11 is 0. The molecule has 1 amide bonds. The van der Waals surface area contributed by atoms with Gasteiger partial charge >= 0.3 is 5.97 Å². The van der Waals surface area contributed by atoms with E-state index in [1.54, 1.807) is 0 Å². The molecule has 1 aromatic carbocycles. The standard InChI is InChI=1S/C21H23N3O3/c25-20(18-12-5-6-13(10-12)19(18)21(26)27)22-14-7-8-16-15(11-14)23-17-4-2-1-3-9-24(16)17/h5-8,11-13,18-19H,1-4,9-10H2,(H,22,25)(H,26,27)/t12-,13-,18-,19+/m0/s1. The lowest BCUT2D eigenvalue weighted by Gasteiger charge is -2.23. The van der Waals surface area contributed by atoms with E-state index in [0.717, 1.165) is 36.2 Å². The number of carbonyl (C=O) groups excluding carboxylic acids is 1. The molecule has 2 bridgehead atoms. The topological polar surface area (TPSA) is 84.2 Å². The van der Waals surface area contributed by atoms with Crippen LogP contribution in [0.25, 0.3) is 11.0 Å². The molecule has 1 fully saturated rings. The molecule has 0 spiro atoms. The third-order valence-electron chi connectivity index (χ3n) is 6.42. The van der Waals surface area contributed by atoms with Gasteiger partial charge < -0.3 is 15.0 Å². The molecule has 2 N–H and O–H groups in total. The highest BCUT2D eigenvalue weighted by Gasteiger charge is 2.51. The normalized spacial score (nSPS) is 28.9. The van der Waals surface area contributed by atoms with Crippen LogP contribution in [0.4, 0.5) is 5.69 Å². The fraction of sp³-hybridized carbons (Fsp3) is 0.476. The summed E-state index contributed by atoms with van der Waals surface area (Å²) in [7, 11) is 0. The number of aromatic nitrogens is 2. The summed E-state index contributed by atoms with van der Waals surface area (Å²) in [5.41, 5.74) is 2.69. The molecule has 5 rings (SSSR count).